The van der Waals surface area contributed by atoms with E-state index in [0.29, 0.717) is 12.0 Å². The summed E-state index contributed by atoms with van der Waals surface area (Å²) in [6, 6.07) is 15.2. The first-order valence-corrected chi connectivity index (χ1v) is 7.28. The number of aliphatic hydroxyl groups excluding tert-OH is 1. The van der Waals surface area contributed by atoms with Crippen molar-refractivity contribution in [2.45, 2.75) is 18.9 Å². The van der Waals surface area contributed by atoms with Crippen molar-refractivity contribution >= 4 is 11.6 Å². The predicted octanol–water partition coefficient (Wildman–Crippen LogP) is 3.34. The number of halogens is 1. The van der Waals surface area contributed by atoms with Gasteiger partial charge in [-0.15, -0.1) is 0 Å². The molecule has 3 N–H and O–H groups in total. The number of para-hydroxylation sites is 1. The van der Waals surface area contributed by atoms with Crippen LogP contribution in [0.2, 0.25) is 0 Å². The zero-order valence-electron chi connectivity index (χ0n) is 12.6. The van der Waals surface area contributed by atoms with Crippen LogP contribution in [0, 0.1) is 5.82 Å². The summed E-state index contributed by atoms with van der Waals surface area (Å²) in [6.45, 7) is 3.82. The molecule has 0 radical (unpaired) electrons. The average Bonchev–Trinajstić information content (AvgIpc) is 2.59. The van der Waals surface area contributed by atoms with Gasteiger partial charge in [-0.3, -0.25) is 15.6 Å². The lowest BCUT2D eigenvalue weighted by Crippen LogP contribution is -2.29. The van der Waals surface area contributed by atoms with Crippen molar-refractivity contribution in [1.82, 2.24) is 5.43 Å². The van der Waals surface area contributed by atoms with Crippen LogP contribution in [0.1, 0.15) is 24.5 Å². The van der Waals surface area contributed by atoms with Crippen molar-refractivity contribution in [2.75, 3.05) is 5.43 Å². The van der Waals surface area contributed by atoms with Crippen LogP contribution in [0.5, 0.6) is 0 Å². The van der Waals surface area contributed by atoms with Gasteiger partial charge in [-0.25, -0.2) is 4.39 Å². The number of carbonyl (C=O) groups excluding carboxylic acids is 1. The van der Waals surface area contributed by atoms with E-state index in [-0.39, 0.29) is 18.0 Å². The molecule has 4 nitrogen and oxygen atoms in total. The molecule has 120 valence electrons. The first-order chi connectivity index (χ1) is 11.1. The molecule has 1 amide bonds. The third-order valence-corrected chi connectivity index (χ3v) is 3.39. The fourth-order valence-electron chi connectivity index (χ4n) is 2.04. The lowest BCUT2D eigenvalue weighted by atomic mass is 9.99. The van der Waals surface area contributed by atoms with E-state index in [2.05, 4.69) is 17.4 Å². The van der Waals surface area contributed by atoms with E-state index in [1.54, 1.807) is 24.3 Å². The van der Waals surface area contributed by atoms with Gasteiger partial charge in [-0.1, -0.05) is 49.0 Å². The molecule has 0 heterocycles. The molecule has 0 saturated heterocycles. The van der Waals surface area contributed by atoms with Crippen LogP contribution in [-0.4, -0.2) is 11.0 Å². The number of carbonyl (C=O) groups is 1. The van der Waals surface area contributed by atoms with Crippen molar-refractivity contribution in [2.24, 2.45) is 0 Å². The minimum Gasteiger partial charge on any atom is -0.384 e. The molecule has 0 saturated carbocycles. The number of aliphatic hydroxyl groups is 1. The van der Waals surface area contributed by atoms with Gasteiger partial charge in [-0.2, -0.15) is 0 Å². The lowest BCUT2D eigenvalue weighted by molar-refractivity contribution is -0.120. The Hall–Kier alpha value is -2.66. The van der Waals surface area contributed by atoms with Crippen molar-refractivity contribution in [3.05, 3.63) is 78.1 Å². The first kappa shape index (κ1) is 16.7. The third-order valence-electron chi connectivity index (χ3n) is 3.39. The summed E-state index contributed by atoms with van der Waals surface area (Å²) >= 11 is 0. The fraction of sp³-hybridized carbons (Fsp3) is 0.167. The lowest BCUT2D eigenvalue weighted by Gasteiger charge is -2.14. The van der Waals surface area contributed by atoms with Crippen molar-refractivity contribution in [3.63, 3.8) is 0 Å². The Balaban J connectivity index is 1.78. The van der Waals surface area contributed by atoms with Crippen LogP contribution in [0.25, 0.3) is 0 Å². The maximum Gasteiger partial charge on any atom is 0.238 e. The number of hydrazine groups is 1. The highest BCUT2D eigenvalue weighted by Crippen LogP contribution is 2.23. The molecule has 0 aliphatic carbocycles. The zero-order chi connectivity index (χ0) is 16.7. The van der Waals surface area contributed by atoms with E-state index in [0.717, 1.165) is 5.56 Å². The fourth-order valence-corrected chi connectivity index (χ4v) is 2.04. The maximum absolute atomic E-state index is 13.4. The number of benzene rings is 2. The second-order valence-corrected chi connectivity index (χ2v) is 5.12. The second-order valence-electron chi connectivity index (χ2n) is 5.12. The van der Waals surface area contributed by atoms with E-state index >= 15 is 0 Å². The number of hydrogen-bond acceptors (Lipinski definition) is 3. The zero-order valence-corrected chi connectivity index (χ0v) is 12.6. The Bertz CT molecular complexity index is 674. The molecule has 0 fully saturated rings. The molecule has 2 rings (SSSR count). The smallest absolute Gasteiger partial charge is 0.238 e. The van der Waals surface area contributed by atoms with Crippen LogP contribution < -0.4 is 10.9 Å². The number of rotatable bonds is 7. The molecular weight excluding hydrogens is 295 g/mol. The molecule has 2 aromatic rings. The van der Waals surface area contributed by atoms with Crippen LogP contribution in [0.3, 0.4) is 0 Å². The summed E-state index contributed by atoms with van der Waals surface area (Å²) in [5, 5.41) is 10.1. The molecular formula is C18H19FN2O2. The Morgan fingerprint density at radius 3 is 2.43 bits per heavy atom. The summed E-state index contributed by atoms with van der Waals surface area (Å²) in [6.07, 6.45) is -0.325. The number of anilines is 1. The van der Waals surface area contributed by atoms with Gasteiger partial charge in [0.25, 0.3) is 0 Å². The standard InChI is InChI=1S/C18H19FN2O2/c1-13(18(23)14-7-3-2-4-8-14)11-12-17(22)21-20-16-10-6-5-9-15(16)19/h2-10,18,20,23H,1,11-12H2,(H,21,22). The van der Waals surface area contributed by atoms with E-state index in [9.17, 15) is 14.3 Å². The Morgan fingerprint density at radius 2 is 1.74 bits per heavy atom. The van der Waals surface area contributed by atoms with Gasteiger partial charge in [0.05, 0.1) is 11.8 Å². The summed E-state index contributed by atoms with van der Waals surface area (Å²) in [5.74, 6) is -0.758. The highest BCUT2D eigenvalue weighted by molar-refractivity contribution is 5.77. The molecule has 0 aliphatic rings. The monoisotopic (exact) mass is 314 g/mol. The quantitative estimate of drug-likeness (QED) is 0.542. The minimum absolute atomic E-state index is 0.143. The molecule has 0 bridgehead atoms. The van der Waals surface area contributed by atoms with Gasteiger partial charge in [0.15, 0.2) is 0 Å². The Morgan fingerprint density at radius 1 is 1.09 bits per heavy atom. The molecule has 0 spiro atoms. The van der Waals surface area contributed by atoms with Crippen LogP contribution >= 0.6 is 0 Å². The largest absolute Gasteiger partial charge is 0.384 e. The van der Waals surface area contributed by atoms with Crippen molar-refractivity contribution in [3.8, 4) is 0 Å². The average molecular weight is 314 g/mol. The molecule has 0 aliphatic heterocycles. The maximum atomic E-state index is 13.4. The van der Waals surface area contributed by atoms with Gasteiger partial charge in [0.2, 0.25) is 5.91 Å². The topological polar surface area (TPSA) is 61.4 Å². The SMILES string of the molecule is C=C(CCC(=O)NNc1ccccc1F)C(O)c1ccccc1. The van der Waals surface area contributed by atoms with Gasteiger partial charge in [-0.05, 0) is 29.7 Å². The number of hydrogen-bond donors (Lipinski definition) is 3. The normalized spacial score (nSPS) is 11.6. The number of nitrogens with one attached hydrogen (secondary N) is 2. The third kappa shape index (κ3) is 4.93. The highest BCUT2D eigenvalue weighted by atomic mass is 19.1. The first-order valence-electron chi connectivity index (χ1n) is 7.28. The van der Waals surface area contributed by atoms with Crippen LogP contribution in [0.4, 0.5) is 10.1 Å². The van der Waals surface area contributed by atoms with Gasteiger partial charge < -0.3 is 5.11 Å². The van der Waals surface area contributed by atoms with E-state index < -0.39 is 11.9 Å². The molecule has 0 aromatic heterocycles. The molecule has 23 heavy (non-hydrogen) atoms. The predicted molar refractivity (Wildman–Crippen MR) is 87.9 cm³/mol. The van der Waals surface area contributed by atoms with Gasteiger partial charge >= 0.3 is 0 Å². The van der Waals surface area contributed by atoms with Gasteiger partial charge in [0, 0.05) is 6.42 Å². The van der Waals surface area contributed by atoms with E-state index in [1.165, 1.54) is 12.1 Å². The second kappa shape index (κ2) is 8.10. The summed E-state index contributed by atoms with van der Waals surface area (Å²) in [5.41, 5.74) is 6.44. The van der Waals surface area contributed by atoms with Gasteiger partial charge in [0.1, 0.15) is 5.82 Å². The van der Waals surface area contributed by atoms with Crippen LogP contribution in [-0.2, 0) is 4.79 Å². The Labute approximate surface area is 134 Å². The number of amides is 1. The molecule has 1 unspecified atom stereocenters. The highest BCUT2D eigenvalue weighted by Gasteiger charge is 2.12. The van der Waals surface area contributed by atoms with E-state index in [4.69, 9.17) is 0 Å². The summed E-state index contributed by atoms with van der Waals surface area (Å²) in [4.78, 5) is 11.8. The van der Waals surface area contributed by atoms with Crippen molar-refractivity contribution < 1.29 is 14.3 Å². The summed E-state index contributed by atoms with van der Waals surface area (Å²) in [7, 11) is 0. The molecule has 2 aromatic carbocycles. The van der Waals surface area contributed by atoms with Crippen LogP contribution in [0.15, 0.2) is 66.7 Å². The molecule has 1 atom stereocenters. The minimum atomic E-state index is -0.802. The Kier molecular flexibility index (Phi) is 5.88. The summed E-state index contributed by atoms with van der Waals surface area (Å²) < 4.78 is 13.4. The van der Waals surface area contributed by atoms with Crippen molar-refractivity contribution in [1.29, 1.82) is 0 Å². The van der Waals surface area contributed by atoms with E-state index in [1.807, 2.05) is 18.2 Å². The molecule has 5 heteroatoms.